The molecule has 1 aromatic rings. The van der Waals surface area contributed by atoms with Crippen LogP contribution < -0.4 is 0 Å². The molecule has 1 atom stereocenters. The van der Waals surface area contributed by atoms with Gasteiger partial charge in [-0.3, -0.25) is 9.59 Å². The molecule has 0 aromatic heterocycles. The number of esters is 2. The van der Waals surface area contributed by atoms with Gasteiger partial charge >= 0.3 is 11.9 Å². The number of hydrogen-bond donors (Lipinski definition) is 0. The number of methoxy groups -OCH3 is 1. The van der Waals surface area contributed by atoms with Gasteiger partial charge in [0, 0.05) is 4.47 Å². The minimum atomic E-state index is -0.535. The standard InChI is InChI=1S/C18H23BrO4/c1-18(2,3)23-17(21)15(11-6-5-7-14(19)10-11)12-8-13(9-12)16(20)22-4/h5-7,10,12-13,15H,8-9H2,1-4H3. The average Bonchev–Trinajstić information content (AvgIpc) is 2.39. The van der Waals surface area contributed by atoms with Gasteiger partial charge in [-0.2, -0.15) is 0 Å². The Hall–Kier alpha value is -1.36. The van der Waals surface area contributed by atoms with E-state index in [1.807, 2.05) is 45.0 Å². The highest BCUT2D eigenvalue weighted by Crippen LogP contribution is 2.45. The molecule has 23 heavy (non-hydrogen) atoms. The van der Waals surface area contributed by atoms with Gasteiger partial charge in [-0.1, -0.05) is 28.1 Å². The van der Waals surface area contributed by atoms with E-state index in [0.717, 1.165) is 10.0 Å². The molecule has 0 amide bonds. The smallest absolute Gasteiger partial charge is 0.314 e. The van der Waals surface area contributed by atoms with Crippen molar-refractivity contribution in [2.24, 2.45) is 11.8 Å². The Labute approximate surface area is 145 Å². The number of ether oxygens (including phenoxy) is 2. The van der Waals surface area contributed by atoms with Gasteiger partial charge in [0.25, 0.3) is 0 Å². The number of carbonyl (C=O) groups is 2. The Morgan fingerprint density at radius 3 is 2.43 bits per heavy atom. The van der Waals surface area contributed by atoms with Gasteiger partial charge in [0.2, 0.25) is 0 Å². The van der Waals surface area contributed by atoms with Crippen molar-refractivity contribution in [2.45, 2.75) is 45.1 Å². The molecular formula is C18H23BrO4. The lowest BCUT2D eigenvalue weighted by atomic mass is 9.66. The van der Waals surface area contributed by atoms with Crippen LogP contribution in [0.3, 0.4) is 0 Å². The first-order chi connectivity index (χ1) is 10.7. The summed E-state index contributed by atoms with van der Waals surface area (Å²) in [5.41, 5.74) is 0.384. The van der Waals surface area contributed by atoms with Gasteiger partial charge in [0.15, 0.2) is 0 Å². The molecule has 0 aliphatic heterocycles. The number of benzene rings is 1. The number of carbonyl (C=O) groups excluding carboxylic acids is 2. The first-order valence-corrected chi connectivity index (χ1v) is 8.56. The van der Waals surface area contributed by atoms with Crippen LogP contribution in [0.5, 0.6) is 0 Å². The maximum atomic E-state index is 12.7. The summed E-state index contributed by atoms with van der Waals surface area (Å²) in [6.45, 7) is 5.59. The second-order valence-corrected chi connectivity index (χ2v) is 7.93. The fourth-order valence-corrected chi connectivity index (χ4v) is 3.38. The third kappa shape index (κ3) is 4.56. The van der Waals surface area contributed by atoms with E-state index >= 15 is 0 Å². The summed E-state index contributed by atoms with van der Waals surface area (Å²) in [6.07, 6.45) is 1.31. The molecule has 0 N–H and O–H groups in total. The van der Waals surface area contributed by atoms with Crippen molar-refractivity contribution in [2.75, 3.05) is 7.11 Å². The lowest BCUT2D eigenvalue weighted by Gasteiger charge is -2.38. The Kier molecular flexibility index (Phi) is 5.50. The van der Waals surface area contributed by atoms with Crippen LogP contribution in [0.4, 0.5) is 0 Å². The summed E-state index contributed by atoms with van der Waals surface area (Å²) < 4.78 is 11.3. The molecule has 1 aliphatic rings. The van der Waals surface area contributed by atoms with E-state index in [2.05, 4.69) is 15.9 Å². The molecule has 0 bridgehead atoms. The van der Waals surface area contributed by atoms with Crippen LogP contribution in [0.2, 0.25) is 0 Å². The molecule has 1 aromatic carbocycles. The highest BCUT2D eigenvalue weighted by atomic mass is 79.9. The first-order valence-electron chi connectivity index (χ1n) is 7.77. The molecule has 0 heterocycles. The van der Waals surface area contributed by atoms with Crippen LogP contribution in [0.15, 0.2) is 28.7 Å². The van der Waals surface area contributed by atoms with Crippen molar-refractivity contribution in [1.29, 1.82) is 0 Å². The summed E-state index contributed by atoms with van der Waals surface area (Å²) in [4.78, 5) is 24.3. The third-order valence-corrected chi connectivity index (χ3v) is 4.54. The van der Waals surface area contributed by atoms with Gasteiger partial charge in [-0.05, 0) is 57.2 Å². The fraction of sp³-hybridized carbons (Fsp3) is 0.556. The molecule has 1 fully saturated rings. The number of rotatable bonds is 4. The Morgan fingerprint density at radius 1 is 1.26 bits per heavy atom. The molecule has 0 spiro atoms. The lowest BCUT2D eigenvalue weighted by Crippen LogP contribution is -2.39. The van der Waals surface area contributed by atoms with Crippen molar-refractivity contribution in [3.8, 4) is 0 Å². The lowest BCUT2D eigenvalue weighted by molar-refractivity contribution is -0.163. The Morgan fingerprint density at radius 2 is 1.91 bits per heavy atom. The van der Waals surface area contributed by atoms with E-state index in [4.69, 9.17) is 9.47 Å². The minimum absolute atomic E-state index is 0.100. The van der Waals surface area contributed by atoms with Crippen LogP contribution >= 0.6 is 15.9 Å². The predicted molar refractivity (Wildman–Crippen MR) is 91.0 cm³/mol. The summed E-state index contributed by atoms with van der Waals surface area (Å²) in [5.74, 6) is -0.791. The first kappa shape index (κ1) is 18.0. The summed E-state index contributed by atoms with van der Waals surface area (Å²) in [7, 11) is 1.40. The zero-order valence-corrected chi connectivity index (χ0v) is 15.6. The molecule has 1 unspecified atom stereocenters. The predicted octanol–water partition coefficient (Wildman–Crippen LogP) is 4.07. The second-order valence-electron chi connectivity index (χ2n) is 7.02. The molecule has 0 radical (unpaired) electrons. The summed E-state index contributed by atoms with van der Waals surface area (Å²) in [6, 6.07) is 7.71. The van der Waals surface area contributed by atoms with Crippen LogP contribution in [0.25, 0.3) is 0 Å². The minimum Gasteiger partial charge on any atom is -0.469 e. The summed E-state index contributed by atoms with van der Waals surface area (Å²) >= 11 is 3.45. The van der Waals surface area contributed by atoms with Crippen LogP contribution in [-0.2, 0) is 19.1 Å². The maximum absolute atomic E-state index is 12.7. The Balaban J connectivity index is 2.20. The SMILES string of the molecule is COC(=O)C1CC(C(C(=O)OC(C)(C)C)c2cccc(Br)c2)C1. The van der Waals surface area contributed by atoms with Gasteiger partial charge < -0.3 is 9.47 Å². The van der Waals surface area contributed by atoms with E-state index in [-0.39, 0.29) is 29.7 Å². The van der Waals surface area contributed by atoms with E-state index in [1.165, 1.54) is 7.11 Å². The van der Waals surface area contributed by atoms with Crippen molar-refractivity contribution < 1.29 is 19.1 Å². The van der Waals surface area contributed by atoms with Crippen LogP contribution in [0, 0.1) is 11.8 Å². The second kappa shape index (κ2) is 7.04. The van der Waals surface area contributed by atoms with Crippen molar-refractivity contribution in [3.63, 3.8) is 0 Å². The molecule has 0 saturated heterocycles. The average molecular weight is 383 g/mol. The van der Waals surface area contributed by atoms with Crippen LogP contribution in [0.1, 0.15) is 45.1 Å². The molecular weight excluding hydrogens is 360 g/mol. The van der Waals surface area contributed by atoms with Gasteiger partial charge in [-0.15, -0.1) is 0 Å². The highest BCUT2D eigenvalue weighted by molar-refractivity contribution is 9.10. The Bertz CT molecular complexity index is 585. The largest absolute Gasteiger partial charge is 0.469 e. The number of hydrogen-bond acceptors (Lipinski definition) is 4. The van der Waals surface area contributed by atoms with E-state index in [9.17, 15) is 9.59 Å². The highest BCUT2D eigenvalue weighted by Gasteiger charge is 2.44. The molecule has 1 saturated carbocycles. The van der Waals surface area contributed by atoms with Crippen LogP contribution in [-0.4, -0.2) is 24.6 Å². The number of halogens is 1. The van der Waals surface area contributed by atoms with Crippen molar-refractivity contribution in [3.05, 3.63) is 34.3 Å². The monoisotopic (exact) mass is 382 g/mol. The van der Waals surface area contributed by atoms with Gasteiger partial charge in [-0.25, -0.2) is 0 Å². The third-order valence-electron chi connectivity index (χ3n) is 4.05. The van der Waals surface area contributed by atoms with E-state index in [1.54, 1.807) is 0 Å². The molecule has 126 valence electrons. The van der Waals surface area contributed by atoms with Crippen molar-refractivity contribution in [1.82, 2.24) is 0 Å². The molecule has 2 rings (SSSR count). The normalized spacial score (nSPS) is 22.0. The fourth-order valence-electron chi connectivity index (χ4n) is 2.96. The zero-order chi connectivity index (χ0) is 17.2. The van der Waals surface area contributed by atoms with Gasteiger partial charge in [0.05, 0.1) is 18.9 Å². The zero-order valence-electron chi connectivity index (χ0n) is 14.0. The van der Waals surface area contributed by atoms with Gasteiger partial charge in [0.1, 0.15) is 5.60 Å². The molecule has 1 aliphatic carbocycles. The quantitative estimate of drug-likeness (QED) is 0.736. The summed E-state index contributed by atoms with van der Waals surface area (Å²) in [5, 5.41) is 0. The molecule has 4 nitrogen and oxygen atoms in total. The van der Waals surface area contributed by atoms with E-state index in [0.29, 0.717) is 12.8 Å². The topological polar surface area (TPSA) is 52.6 Å². The maximum Gasteiger partial charge on any atom is 0.314 e. The van der Waals surface area contributed by atoms with E-state index < -0.39 is 5.60 Å². The van der Waals surface area contributed by atoms with Crippen molar-refractivity contribution >= 4 is 27.9 Å². The molecule has 5 heteroatoms.